The Morgan fingerprint density at radius 2 is 2.15 bits per heavy atom. The van der Waals surface area contributed by atoms with Gasteiger partial charge >= 0.3 is 0 Å². The van der Waals surface area contributed by atoms with Crippen molar-refractivity contribution in [2.24, 2.45) is 5.73 Å². The number of hydrogen-bond donors (Lipinski definition) is 3. The van der Waals surface area contributed by atoms with Crippen molar-refractivity contribution in [2.75, 3.05) is 10.6 Å². The lowest BCUT2D eigenvalue weighted by molar-refractivity contribution is -0.222. The van der Waals surface area contributed by atoms with Gasteiger partial charge < -0.3 is 16.4 Å². The van der Waals surface area contributed by atoms with Crippen molar-refractivity contribution < 1.29 is 4.79 Å². The van der Waals surface area contributed by atoms with Crippen LogP contribution < -0.4 is 16.4 Å². The topological polar surface area (TPSA) is 133 Å². The summed E-state index contributed by atoms with van der Waals surface area (Å²) in [7, 11) is 0. The van der Waals surface area contributed by atoms with Crippen molar-refractivity contribution in [2.45, 2.75) is 62.2 Å². The van der Waals surface area contributed by atoms with E-state index < -0.39 is 5.91 Å². The van der Waals surface area contributed by atoms with E-state index in [4.69, 9.17) is 16.0 Å². The van der Waals surface area contributed by atoms with E-state index in [1.54, 1.807) is 6.20 Å². The van der Waals surface area contributed by atoms with Crippen LogP contribution in [-0.2, 0) is 0 Å². The van der Waals surface area contributed by atoms with Gasteiger partial charge in [0.2, 0.25) is 0 Å². The largest absolute Gasteiger partial charge is 0.367 e. The van der Waals surface area contributed by atoms with E-state index in [9.17, 15) is 4.79 Å². The standard InChI is InChI=1S/C23H24N8OS/c24-5-2-4-23-10-14-7-13(8-15(11-23)31(14)23)28-21-16-3-1-6-26-17(16)9-19(29-21)30-22-27-12-18(33-22)20(25)32/h1,3,6,9,12-15H,2,4,7-8,10-11H2,(H2,25,32)(H2,27,28,29,30)/t13-,14+,15-,23?. The van der Waals surface area contributed by atoms with Crippen LogP contribution >= 0.6 is 11.3 Å². The van der Waals surface area contributed by atoms with E-state index in [1.165, 1.54) is 30.4 Å². The lowest BCUT2D eigenvalue weighted by atomic mass is 9.57. The molecular weight excluding hydrogens is 436 g/mol. The molecule has 0 bridgehead atoms. The number of hydrogen-bond acceptors (Lipinski definition) is 9. The molecule has 0 spiro atoms. The first-order valence-electron chi connectivity index (χ1n) is 11.2. The first-order valence-corrected chi connectivity index (χ1v) is 12.1. The average molecular weight is 461 g/mol. The van der Waals surface area contributed by atoms with Crippen LogP contribution in [0.2, 0.25) is 0 Å². The zero-order valence-corrected chi connectivity index (χ0v) is 18.8. The zero-order valence-electron chi connectivity index (χ0n) is 18.0. The van der Waals surface area contributed by atoms with Crippen LogP contribution in [-0.4, -0.2) is 49.4 Å². The summed E-state index contributed by atoms with van der Waals surface area (Å²) in [6.45, 7) is 0. The van der Waals surface area contributed by atoms with Crippen molar-refractivity contribution in [1.29, 1.82) is 5.26 Å². The van der Waals surface area contributed by atoms with Gasteiger partial charge in [0, 0.05) is 47.7 Å². The predicted octanol–water partition coefficient (Wildman–Crippen LogP) is 3.39. The number of fused-ring (bicyclic) bond motifs is 1. The molecule has 6 rings (SSSR count). The van der Waals surface area contributed by atoms with Crippen molar-refractivity contribution in [1.82, 2.24) is 19.9 Å². The molecule has 3 aromatic heterocycles. The third-order valence-electron chi connectivity index (χ3n) is 7.30. The van der Waals surface area contributed by atoms with Gasteiger partial charge in [0.25, 0.3) is 5.91 Å². The molecule has 3 aliphatic rings. The molecule has 1 amide bonds. The van der Waals surface area contributed by atoms with Gasteiger partial charge in [0.05, 0.1) is 17.8 Å². The minimum Gasteiger partial charge on any atom is -0.367 e. The van der Waals surface area contributed by atoms with Gasteiger partial charge in [-0.15, -0.1) is 0 Å². The normalized spacial score (nSPS) is 27.7. The number of aromatic nitrogens is 3. The summed E-state index contributed by atoms with van der Waals surface area (Å²) in [6.07, 6.45) is 9.47. The maximum atomic E-state index is 11.4. The van der Waals surface area contributed by atoms with Crippen LogP contribution in [0.4, 0.5) is 16.8 Å². The summed E-state index contributed by atoms with van der Waals surface area (Å²) in [5.74, 6) is 0.933. The molecule has 6 heterocycles. The SMILES string of the molecule is N#CCCC12C[C@H]3C[C@H](Nc4nc(Nc5ncc(C(N)=O)s5)cc5ncccc45)C[C@@H](C1)N32. The number of carbonyl (C=O) groups is 1. The number of nitrogens with one attached hydrogen (secondary N) is 2. The van der Waals surface area contributed by atoms with Crippen molar-refractivity contribution >= 4 is 44.9 Å². The highest BCUT2D eigenvalue weighted by Crippen LogP contribution is 2.58. The fraction of sp³-hybridized carbons (Fsp3) is 0.435. The van der Waals surface area contributed by atoms with Crippen LogP contribution in [0.15, 0.2) is 30.6 Å². The zero-order chi connectivity index (χ0) is 22.6. The number of primary amides is 1. The van der Waals surface area contributed by atoms with Crippen LogP contribution in [0.25, 0.3) is 10.9 Å². The second kappa shape index (κ2) is 7.64. The highest BCUT2D eigenvalue weighted by molar-refractivity contribution is 7.17. The maximum absolute atomic E-state index is 11.4. The molecule has 3 aromatic rings. The second-order valence-corrected chi connectivity index (χ2v) is 10.3. The van der Waals surface area contributed by atoms with E-state index in [2.05, 4.69) is 31.6 Å². The number of carbonyl (C=O) groups excluding carboxylic acids is 1. The number of piperidine rings is 2. The number of rotatable bonds is 7. The molecular formula is C23H24N8OS. The number of thiazole rings is 1. The van der Waals surface area contributed by atoms with Crippen LogP contribution in [0.3, 0.4) is 0 Å². The van der Waals surface area contributed by atoms with E-state index in [-0.39, 0.29) is 0 Å². The third kappa shape index (κ3) is 3.39. The number of nitrogens with zero attached hydrogens (tertiary/aromatic N) is 5. The van der Waals surface area contributed by atoms with Crippen LogP contribution in [0.1, 0.15) is 48.2 Å². The molecule has 0 saturated carbocycles. The third-order valence-corrected chi connectivity index (χ3v) is 8.23. The van der Waals surface area contributed by atoms with Gasteiger partial charge in [-0.3, -0.25) is 14.7 Å². The lowest BCUT2D eigenvalue weighted by Crippen LogP contribution is -2.81. The summed E-state index contributed by atoms with van der Waals surface area (Å²) in [5.41, 5.74) is 6.49. The molecule has 4 N–H and O–H groups in total. The molecule has 1 unspecified atom stereocenters. The maximum Gasteiger partial charge on any atom is 0.260 e. The quantitative estimate of drug-likeness (QED) is 0.489. The second-order valence-electron chi connectivity index (χ2n) is 9.26. The molecule has 0 aromatic carbocycles. The molecule has 0 radical (unpaired) electrons. The molecule has 33 heavy (non-hydrogen) atoms. The highest BCUT2D eigenvalue weighted by atomic mass is 32.1. The molecule has 3 aliphatic heterocycles. The number of anilines is 3. The van der Waals surface area contributed by atoms with Crippen molar-refractivity contribution in [3.05, 3.63) is 35.5 Å². The van der Waals surface area contributed by atoms with E-state index in [0.29, 0.717) is 45.9 Å². The average Bonchev–Trinajstić information content (AvgIpc) is 3.23. The molecule has 3 fully saturated rings. The summed E-state index contributed by atoms with van der Waals surface area (Å²) >= 11 is 1.20. The monoisotopic (exact) mass is 460 g/mol. The first-order chi connectivity index (χ1) is 16.0. The minimum absolute atomic E-state index is 0.312. The van der Waals surface area contributed by atoms with Gasteiger partial charge in [-0.05, 0) is 44.2 Å². The lowest BCUT2D eigenvalue weighted by Gasteiger charge is -2.74. The summed E-state index contributed by atoms with van der Waals surface area (Å²) in [6, 6.07) is 9.70. The Labute approximate surface area is 195 Å². The fourth-order valence-electron chi connectivity index (χ4n) is 6.10. The van der Waals surface area contributed by atoms with Gasteiger partial charge in [0.15, 0.2) is 5.13 Å². The first kappa shape index (κ1) is 20.3. The number of nitriles is 1. The number of amides is 1. The molecule has 10 heteroatoms. The summed E-state index contributed by atoms with van der Waals surface area (Å²) in [4.78, 5) is 28.0. The minimum atomic E-state index is -0.494. The molecule has 3 saturated heterocycles. The molecule has 168 valence electrons. The Morgan fingerprint density at radius 1 is 1.33 bits per heavy atom. The Bertz CT molecular complexity index is 1270. The van der Waals surface area contributed by atoms with Crippen LogP contribution in [0.5, 0.6) is 0 Å². The Morgan fingerprint density at radius 3 is 2.88 bits per heavy atom. The molecule has 4 atom stereocenters. The summed E-state index contributed by atoms with van der Waals surface area (Å²) < 4.78 is 0. The van der Waals surface area contributed by atoms with Crippen molar-refractivity contribution in [3.8, 4) is 6.07 Å². The van der Waals surface area contributed by atoms with E-state index in [0.717, 1.165) is 36.0 Å². The Balaban J connectivity index is 1.21. The van der Waals surface area contributed by atoms with E-state index >= 15 is 0 Å². The Kier molecular flexibility index (Phi) is 4.71. The predicted molar refractivity (Wildman–Crippen MR) is 126 cm³/mol. The molecule has 9 nitrogen and oxygen atoms in total. The number of nitrogens with two attached hydrogens (primary N) is 1. The van der Waals surface area contributed by atoms with Gasteiger partial charge in [-0.1, -0.05) is 11.3 Å². The Hall–Kier alpha value is -3.29. The van der Waals surface area contributed by atoms with Gasteiger partial charge in [-0.25, -0.2) is 9.97 Å². The van der Waals surface area contributed by atoms with Gasteiger partial charge in [0.1, 0.15) is 16.5 Å². The fourth-order valence-corrected chi connectivity index (χ4v) is 6.78. The van der Waals surface area contributed by atoms with Gasteiger partial charge in [-0.2, -0.15) is 5.26 Å². The summed E-state index contributed by atoms with van der Waals surface area (Å²) in [5, 5.41) is 17.4. The molecule has 0 aliphatic carbocycles. The highest BCUT2D eigenvalue weighted by Gasteiger charge is 2.64. The van der Waals surface area contributed by atoms with Crippen molar-refractivity contribution in [3.63, 3.8) is 0 Å². The number of pyridine rings is 2. The smallest absolute Gasteiger partial charge is 0.260 e. The van der Waals surface area contributed by atoms with E-state index in [1.807, 2.05) is 18.2 Å². The van der Waals surface area contributed by atoms with Crippen LogP contribution in [0, 0.1) is 11.3 Å².